The van der Waals surface area contributed by atoms with Gasteiger partial charge in [-0.15, -0.1) is 0 Å². The molecule has 0 saturated heterocycles. The summed E-state index contributed by atoms with van der Waals surface area (Å²) in [4.78, 5) is 24.2. The van der Waals surface area contributed by atoms with Crippen LogP contribution in [-0.2, 0) is 4.79 Å². The zero-order valence-electron chi connectivity index (χ0n) is 16.2. The van der Waals surface area contributed by atoms with E-state index >= 15 is 0 Å². The van der Waals surface area contributed by atoms with Crippen LogP contribution in [0.15, 0.2) is 66.7 Å². The molecule has 5 heteroatoms. The first-order chi connectivity index (χ1) is 13.9. The van der Waals surface area contributed by atoms with Crippen molar-refractivity contribution in [2.75, 3.05) is 6.61 Å². The molecule has 0 aromatic heterocycles. The summed E-state index contributed by atoms with van der Waals surface area (Å²) in [5.74, 6) is 4.70. The van der Waals surface area contributed by atoms with Crippen molar-refractivity contribution in [2.45, 2.75) is 19.4 Å². The highest BCUT2D eigenvalue weighted by Gasteiger charge is 2.30. The normalized spacial score (nSPS) is 10.7. The topological polar surface area (TPSA) is 75.6 Å². The van der Waals surface area contributed by atoms with Crippen LogP contribution in [0.3, 0.4) is 0 Å². The van der Waals surface area contributed by atoms with Gasteiger partial charge in [-0.05, 0) is 37.4 Å². The molecule has 3 aromatic rings. The van der Waals surface area contributed by atoms with E-state index in [1.807, 2.05) is 54.6 Å². The van der Waals surface area contributed by atoms with Gasteiger partial charge >= 0.3 is 5.97 Å². The van der Waals surface area contributed by atoms with Crippen LogP contribution in [0.1, 0.15) is 29.8 Å². The molecule has 0 aliphatic carbocycles. The van der Waals surface area contributed by atoms with Crippen molar-refractivity contribution in [3.63, 3.8) is 0 Å². The second-order valence-corrected chi connectivity index (χ2v) is 7.00. The highest BCUT2D eigenvalue weighted by atomic mass is 16.5. The van der Waals surface area contributed by atoms with Gasteiger partial charge in [0.05, 0.1) is 5.56 Å². The van der Waals surface area contributed by atoms with Gasteiger partial charge in [0.2, 0.25) is 0 Å². The zero-order valence-corrected chi connectivity index (χ0v) is 16.2. The summed E-state index contributed by atoms with van der Waals surface area (Å²) in [6, 6.07) is 20.5. The van der Waals surface area contributed by atoms with Crippen LogP contribution in [0.5, 0.6) is 5.75 Å². The molecule has 3 aromatic carbocycles. The van der Waals surface area contributed by atoms with E-state index in [2.05, 4.69) is 17.2 Å². The maximum atomic E-state index is 12.8. The molecule has 0 aliphatic rings. The van der Waals surface area contributed by atoms with Gasteiger partial charge in [-0.1, -0.05) is 60.4 Å². The Balaban J connectivity index is 1.91. The monoisotopic (exact) mass is 387 g/mol. The Hall–Kier alpha value is -3.78. The molecule has 0 atom stereocenters. The number of carbonyl (C=O) groups is 2. The number of amides is 1. The molecule has 3 rings (SSSR count). The van der Waals surface area contributed by atoms with Gasteiger partial charge in [-0.3, -0.25) is 4.79 Å². The molecule has 0 unspecified atom stereocenters. The Bertz CT molecular complexity index is 1110. The standard InChI is InChI=1S/C24H21NO4/c1-24(2,23(27)28)25-22(26)20-15-14-18-12-6-7-13-19(18)21(20)29-16-8-11-17-9-4-3-5-10-17/h3-7,9-10,12-15H,16H2,1-2H3,(H,25,26)(H,27,28). The fourth-order valence-corrected chi connectivity index (χ4v) is 2.75. The number of carboxylic acid groups (broad SMARTS) is 1. The first-order valence-electron chi connectivity index (χ1n) is 9.13. The Kier molecular flexibility index (Phi) is 5.85. The number of carbonyl (C=O) groups excluding carboxylic acids is 1. The number of fused-ring (bicyclic) bond motifs is 1. The minimum atomic E-state index is -1.41. The largest absolute Gasteiger partial charge is 0.480 e. The number of benzene rings is 3. The molecule has 0 bridgehead atoms. The van der Waals surface area contributed by atoms with Crippen LogP contribution in [-0.4, -0.2) is 29.1 Å². The van der Waals surface area contributed by atoms with Gasteiger partial charge in [0.1, 0.15) is 17.9 Å². The smallest absolute Gasteiger partial charge is 0.328 e. The maximum absolute atomic E-state index is 12.8. The highest BCUT2D eigenvalue weighted by Crippen LogP contribution is 2.30. The molecule has 146 valence electrons. The van der Waals surface area contributed by atoms with Crippen LogP contribution in [0.4, 0.5) is 0 Å². The van der Waals surface area contributed by atoms with Crippen molar-refractivity contribution in [3.05, 3.63) is 77.9 Å². The highest BCUT2D eigenvalue weighted by molar-refractivity contribution is 6.05. The maximum Gasteiger partial charge on any atom is 0.328 e. The zero-order chi connectivity index (χ0) is 20.9. The molecule has 2 N–H and O–H groups in total. The number of hydrogen-bond acceptors (Lipinski definition) is 3. The van der Waals surface area contributed by atoms with Crippen molar-refractivity contribution < 1.29 is 19.4 Å². The Morgan fingerprint density at radius 1 is 1.00 bits per heavy atom. The molecule has 29 heavy (non-hydrogen) atoms. The van der Waals surface area contributed by atoms with Crippen molar-refractivity contribution in [1.82, 2.24) is 5.32 Å². The SMILES string of the molecule is CC(C)(NC(=O)c1ccc2ccccc2c1OCC#Cc1ccccc1)C(=O)O. The summed E-state index contributed by atoms with van der Waals surface area (Å²) in [7, 11) is 0. The van der Waals surface area contributed by atoms with Crippen molar-refractivity contribution in [1.29, 1.82) is 0 Å². The van der Waals surface area contributed by atoms with Crippen LogP contribution >= 0.6 is 0 Å². The number of nitrogens with one attached hydrogen (secondary N) is 1. The van der Waals surface area contributed by atoms with E-state index in [1.54, 1.807) is 12.1 Å². The number of aliphatic carboxylic acids is 1. The van der Waals surface area contributed by atoms with Gasteiger partial charge in [0.25, 0.3) is 5.91 Å². The Morgan fingerprint density at radius 2 is 1.69 bits per heavy atom. The minimum absolute atomic E-state index is 0.0888. The summed E-state index contributed by atoms with van der Waals surface area (Å²) < 4.78 is 5.89. The first kappa shape index (κ1) is 20.0. The second-order valence-electron chi connectivity index (χ2n) is 7.00. The fraction of sp³-hybridized carbons (Fsp3) is 0.167. The lowest BCUT2D eigenvalue weighted by Crippen LogP contribution is -2.49. The van der Waals surface area contributed by atoms with Gasteiger partial charge in [0, 0.05) is 10.9 Å². The lowest BCUT2D eigenvalue weighted by Gasteiger charge is -2.22. The third kappa shape index (κ3) is 4.74. The van der Waals surface area contributed by atoms with Crippen LogP contribution in [0.2, 0.25) is 0 Å². The number of rotatable bonds is 5. The molecular formula is C24H21NO4. The predicted octanol–water partition coefficient (Wildman–Crippen LogP) is 3.86. The Labute approximate surface area is 169 Å². The lowest BCUT2D eigenvalue weighted by atomic mass is 10.0. The van der Waals surface area contributed by atoms with Crippen LogP contribution in [0, 0.1) is 11.8 Å². The molecule has 0 radical (unpaired) electrons. The van der Waals surface area contributed by atoms with E-state index in [1.165, 1.54) is 13.8 Å². The van der Waals surface area contributed by atoms with Crippen LogP contribution < -0.4 is 10.1 Å². The second kappa shape index (κ2) is 8.49. The molecule has 0 fully saturated rings. The van der Waals surface area contributed by atoms with E-state index in [9.17, 15) is 14.7 Å². The predicted molar refractivity (Wildman–Crippen MR) is 112 cm³/mol. The molecule has 0 heterocycles. The lowest BCUT2D eigenvalue weighted by molar-refractivity contribution is -0.143. The molecule has 0 saturated carbocycles. The van der Waals surface area contributed by atoms with E-state index in [0.717, 1.165) is 16.3 Å². The summed E-state index contributed by atoms with van der Waals surface area (Å²) in [6.07, 6.45) is 0. The van der Waals surface area contributed by atoms with Crippen molar-refractivity contribution in [3.8, 4) is 17.6 Å². The summed E-state index contributed by atoms with van der Waals surface area (Å²) >= 11 is 0. The third-order valence-corrected chi connectivity index (χ3v) is 4.38. The molecular weight excluding hydrogens is 366 g/mol. The first-order valence-corrected chi connectivity index (χ1v) is 9.13. The van der Waals surface area contributed by atoms with Gasteiger partial charge in [0.15, 0.2) is 0 Å². The number of carboxylic acids is 1. The third-order valence-electron chi connectivity index (χ3n) is 4.38. The van der Waals surface area contributed by atoms with Crippen molar-refractivity contribution in [2.24, 2.45) is 0 Å². The molecule has 0 spiro atoms. The molecule has 0 aliphatic heterocycles. The minimum Gasteiger partial charge on any atom is -0.480 e. The van der Waals surface area contributed by atoms with Gasteiger partial charge < -0.3 is 15.2 Å². The average molecular weight is 387 g/mol. The van der Waals surface area contributed by atoms with Crippen LogP contribution in [0.25, 0.3) is 10.8 Å². The number of hydrogen-bond donors (Lipinski definition) is 2. The van der Waals surface area contributed by atoms with E-state index < -0.39 is 17.4 Å². The summed E-state index contributed by atoms with van der Waals surface area (Å²) in [5, 5.41) is 13.5. The average Bonchev–Trinajstić information content (AvgIpc) is 2.71. The quantitative estimate of drug-likeness (QED) is 0.652. The van der Waals surface area contributed by atoms with Gasteiger partial charge in [-0.2, -0.15) is 0 Å². The summed E-state index contributed by atoms with van der Waals surface area (Å²) in [6.45, 7) is 2.95. The van der Waals surface area contributed by atoms with Crippen molar-refractivity contribution >= 4 is 22.6 Å². The Morgan fingerprint density at radius 3 is 2.41 bits per heavy atom. The number of ether oxygens (including phenoxy) is 1. The molecule has 5 nitrogen and oxygen atoms in total. The molecule has 1 amide bonds. The van der Waals surface area contributed by atoms with E-state index in [4.69, 9.17) is 4.74 Å². The van der Waals surface area contributed by atoms with E-state index in [0.29, 0.717) is 5.75 Å². The van der Waals surface area contributed by atoms with E-state index in [-0.39, 0.29) is 12.2 Å². The fourth-order valence-electron chi connectivity index (χ4n) is 2.75. The van der Waals surface area contributed by atoms with Gasteiger partial charge in [-0.25, -0.2) is 4.79 Å². The summed E-state index contributed by atoms with van der Waals surface area (Å²) in [5.41, 5.74) is -0.276.